The van der Waals surface area contributed by atoms with Gasteiger partial charge in [-0.3, -0.25) is 10.1 Å². The number of aromatic nitrogens is 2. The monoisotopic (exact) mass is 308 g/mol. The third kappa shape index (κ3) is 3.73. The van der Waals surface area contributed by atoms with E-state index in [1.54, 1.807) is 6.07 Å². The van der Waals surface area contributed by atoms with Gasteiger partial charge in [0.15, 0.2) is 5.01 Å². The van der Waals surface area contributed by atoms with E-state index < -0.39 is 4.92 Å². The van der Waals surface area contributed by atoms with Crippen LogP contribution in [0.1, 0.15) is 11.4 Å². The molecule has 1 N–H and O–H groups in total. The third-order valence-electron chi connectivity index (χ3n) is 2.91. The molecule has 1 aromatic carbocycles. The molecule has 0 amide bonds. The first kappa shape index (κ1) is 15.3. The summed E-state index contributed by atoms with van der Waals surface area (Å²) in [5, 5.41) is 23.8. The zero-order valence-electron chi connectivity index (χ0n) is 11.8. The average molecular weight is 308 g/mol. The minimum atomic E-state index is -0.449. The Kier molecular flexibility index (Phi) is 5.18. The summed E-state index contributed by atoms with van der Waals surface area (Å²) in [4.78, 5) is 10.3. The molecule has 0 aliphatic rings. The molecule has 2 rings (SSSR count). The van der Waals surface area contributed by atoms with Crippen LogP contribution >= 0.6 is 11.3 Å². The lowest BCUT2D eigenvalue weighted by atomic mass is 10.2. The number of non-ortho nitro benzene ring substituents is 1. The van der Waals surface area contributed by atoms with Crippen molar-refractivity contribution in [2.75, 3.05) is 20.7 Å². The Labute approximate surface area is 126 Å². The van der Waals surface area contributed by atoms with E-state index >= 15 is 0 Å². The van der Waals surface area contributed by atoms with Crippen LogP contribution in [0.25, 0.3) is 10.6 Å². The minimum absolute atomic E-state index is 0.00522. The van der Waals surface area contributed by atoms with Gasteiger partial charge < -0.3 is 10.1 Å². The van der Waals surface area contributed by atoms with Crippen LogP contribution in [-0.4, -0.2) is 35.8 Å². The SMILES string of the molecule is CNCCCc1nnc(-c2ccc([N+](=O)[O-])cc2OC)s1. The molecule has 112 valence electrons. The van der Waals surface area contributed by atoms with Crippen molar-refractivity contribution in [2.45, 2.75) is 12.8 Å². The van der Waals surface area contributed by atoms with Crippen molar-refractivity contribution in [1.29, 1.82) is 0 Å². The number of nitro groups is 1. The lowest BCUT2D eigenvalue weighted by Crippen LogP contribution is -2.08. The highest BCUT2D eigenvalue weighted by Crippen LogP contribution is 2.34. The predicted molar refractivity (Wildman–Crippen MR) is 80.8 cm³/mol. The fourth-order valence-corrected chi connectivity index (χ4v) is 2.76. The first-order valence-corrected chi connectivity index (χ1v) is 7.27. The van der Waals surface area contributed by atoms with E-state index in [2.05, 4.69) is 15.5 Å². The van der Waals surface area contributed by atoms with E-state index in [0.29, 0.717) is 10.8 Å². The largest absolute Gasteiger partial charge is 0.496 e. The maximum atomic E-state index is 10.8. The second-order valence-corrected chi connectivity index (χ2v) is 5.41. The zero-order valence-corrected chi connectivity index (χ0v) is 12.6. The summed E-state index contributed by atoms with van der Waals surface area (Å²) in [6.45, 7) is 0.926. The predicted octanol–water partition coefficient (Wildman–Crippen LogP) is 2.27. The molecule has 0 radical (unpaired) electrons. The highest BCUT2D eigenvalue weighted by atomic mass is 32.1. The molecule has 21 heavy (non-hydrogen) atoms. The molecule has 0 bridgehead atoms. The number of hydrogen-bond acceptors (Lipinski definition) is 7. The highest BCUT2D eigenvalue weighted by molar-refractivity contribution is 7.14. The molecule has 0 atom stereocenters. The summed E-state index contributed by atoms with van der Waals surface area (Å²) in [7, 11) is 3.39. The average Bonchev–Trinajstić information content (AvgIpc) is 2.95. The van der Waals surface area contributed by atoms with Crippen molar-refractivity contribution in [3.63, 3.8) is 0 Å². The number of nitrogens with zero attached hydrogens (tertiary/aromatic N) is 3. The number of nitrogens with one attached hydrogen (secondary N) is 1. The molecule has 0 aliphatic heterocycles. The Morgan fingerprint density at radius 3 is 2.90 bits per heavy atom. The van der Waals surface area contributed by atoms with Crippen molar-refractivity contribution in [2.24, 2.45) is 0 Å². The lowest BCUT2D eigenvalue weighted by Gasteiger charge is -2.04. The van der Waals surface area contributed by atoms with Gasteiger partial charge in [-0.1, -0.05) is 11.3 Å². The second kappa shape index (κ2) is 7.09. The molecular weight excluding hydrogens is 292 g/mol. The van der Waals surface area contributed by atoms with Crippen LogP contribution in [0.15, 0.2) is 18.2 Å². The highest BCUT2D eigenvalue weighted by Gasteiger charge is 2.16. The van der Waals surface area contributed by atoms with E-state index in [9.17, 15) is 10.1 Å². The Morgan fingerprint density at radius 2 is 2.24 bits per heavy atom. The molecule has 0 saturated heterocycles. The number of rotatable bonds is 7. The smallest absolute Gasteiger partial charge is 0.273 e. The zero-order chi connectivity index (χ0) is 15.2. The van der Waals surface area contributed by atoms with Crippen molar-refractivity contribution >= 4 is 17.0 Å². The molecule has 0 unspecified atom stereocenters. The summed E-state index contributed by atoms with van der Waals surface area (Å²) in [5.41, 5.74) is 0.717. The van der Waals surface area contributed by atoms with Crippen LogP contribution in [0.3, 0.4) is 0 Å². The molecule has 7 nitrogen and oxygen atoms in total. The van der Waals surface area contributed by atoms with Gasteiger partial charge in [0.1, 0.15) is 10.8 Å². The van der Waals surface area contributed by atoms with Crippen LogP contribution in [0.5, 0.6) is 5.75 Å². The van der Waals surface area contributed by atoms with Crippen LogP contribution < -0.4 is 10.1 Å². The Balaban J connectivity index is 2.23. The van der Waals surface area contributed by atoms with E-state index in [-0.39, 0.29) is 5.69 Å². The second-order valence-electron chi connectivity index (χ2n) is 4.35. The Bertz CT molecular complexity index is 630. The van der Waals surface area contributed by atoms with Crippen molar-refractivity contribution in [3.05, 3.63) is 33.3 Å². The van der Waals surface area contributed by atoms with Crippen LogP contribution in [0, 0.1) is 10.1 Å². The fourth-order valence-electron chi connectivity index (χ4n) is 1.85. The first-order chi connectivity index (χ1) is 10.2. The molecule has 8 heteroatoms. The summed E-state index contributed by atoms with van der Waals surface area (Å²) >= 11 is 1.48. The van der Waals surface area contributed by atoms with E-state index in [0.717, 1.165) is 30.0 Å². The summed E-state index contributed by atoms with van der Waals surface area (Å²) in [5.74, 6) is 0.433. The third-order valence-corrected chi connectivity index (χ3v) is 3.93. The normalized spacial score (nSPS) is 10.6. The number of nitro benzene ring substituents is 1. The van der Waals surface area contributed by atoms with E-state index in [4.69, 9.17) is 4.74 Å². The maximum absolute atomic E-state index is 10.8. The fraction of sp³-hybridized carbons (Fsp3) is 0.385. The van der Waals surface area contributed by atoms with Gasteiger partial charge >= 0.3 is 0 Å². The van der Waals surface area contributed by atoms with Gasteiger partial charge in [-0.15, -0.1) is 10.2 Å². The van der Waals surface area contributed by atoms with Crippen molar-refractivity contribution < 1.29 is 9.66 Å². The van der Waals surface area contributed by atoms with E-state index in [1.165, 1.54) is 30.6 Å². The molecule has 1 aromatic heterocycles. The van der Waals surface area contributed by atoms with Crippen LogP contribution in [-0.2, 0) is 6.42 Å². The Hall–Kier alpha value is -2.06. The quantitative estimate of drug-likeness (QED) is 0.479. The van der Waals surface area contributed by atoms with Crippen LogP contribution in [0.2, 0.25) is 0 Å². The van der Waals surface area contributed by atoms with Gasteiger partial charge in [0.05, 0.1) is 23.7 Å². The van der Waals surface area contributed by atoms with Crippen molar-refractivity contribution in [3.8, 4) is 16.3 Å². The van der Waals surface area contributed by atoms with Crippen molar-refractivity contribution in [1.82, 2.24) is 15.5 Å². The number of methoxy groups -OCH3 is 1. The molecular formula is C13H16N4O3S. The standard InChI is InChI=1S/C13H16N4O3S/c1-14-7-3-4-12-15-16-13(21-12)10-6-5-9(17(18)19)8-11(10)20-2/h5-6,8,14H,3-4,7H2,1-2H3. The number of ether oxygens (including phenoxy) is 1. The van der Waals surface area contributed by atoms with Gasteiger partial charge in [0.25, 0.3) is 5.69 Å². The summed E-state index contributed by atoms with van der Waals surface area (Å²) in [6.07, 6.45) is 1.84. The topological polar surface area (TPSA) is 90.2 Å². The van der Waals surface area contributed by atoms with Gasteiger partial charge in [-0.05, 0) is 26.1 Å². The minimum Gasteiger partial charge on any atom is -0.496 e. The van der Waals surface area contributed by atoms with Gasteiger partial charge in [0, 0.05) is 12.5 Å². The molecule has 0 aliphatic carbocycles. The van der Waals surface area contributed by atoms with Crippen LogP contribution in [0.4, 0.5) is 5.69 Å². The number of aryl methyl sites for hydroxylation is 1. The molecule has 2 aromatic rings. The summed E-state index contributed by atoms with van der Waals surface area (Å²) < 4.78 is 5.22. The van der Waals surface area contributed by atoms with Gasteiger partial charge in [0.2, 0.25) is 0 Å². The maximum Gasteiger partial charge on any atom is 0.273 e. The number of hydrogen-bond donors (Lipinski definition) is 1. The lowest BCUT2D eigenvalue weighted by molar-refractivity contribution is -0.384. The molecule has 0 fully saturated rings. The van der Waals surface area contributed by atoms with E-state index in [1.807, 2.05) is 7.05 Å². The number of benzene rings is 1. The molecule has 0 spiro atoms. The summed E-state index contributed by atoms with van der Waals surface area (Å²) in [6, 6.07) is 4.49. The first-order valence-electron chi connectivity index (χ1n) is 6.45. The molecule has 1 heterocycles. The van der Waals surface area contributed by atoms with Gasteiger partial charge in [-0.2, -0.15) is 0 Å². The Morgan fingerprint density at radius 1 is 1.43 bits per heavy atom. The van der Waals surface area contributed by atoms with Gasteiger partial charge in [-0.25, -0.2) is 0 Å². The molecule has 0 saturated carbocycles.